The highest BCUT2D eigenvalue weighted by molar-refractivity contribution is 5.06. The monoisotopic (exact) mass is 315 g/mol. The van der Waals surface area contributed by atoms with E-state index in [0.29, 0.717) is 5.92 Å². The van der Waals surface area contributed by atoms with E-state index in [4.69, 9.17) is 4.74 Å². The van der Waals surface area contributed by atoms with E-state index >= 15 is 0 Å². The smallest absolute Gasteiger partial charge is 0.0534 e. The molecule has 3 heterocycles. The van der Waals surface area contributed by atoms with E-state index in [1.165, 1.54) is 24.1 Å². The van der Waals surface area contributed by atoms with Crippen molar-refractivity contribution in [3.8, 4) is 0 Å². The van der Waals surface area contributed by atoms with E-state index in [1.54, 1.807) is 0 Å². The number of aryl methyl sites for hydroxylation is 1. The minimum Gasteiger partial charge on any atom is -0.381 e. The van der Waals surface area contributed by atoms with Crippen LogP contribution in [0.2, 0.25) is 0 Å². The zero-order valence-corrected chi connectivity index (χ0v) is 13.8. The standard InChI is InChI=1S/C17H25N5O/c1-20-7-15(6-19-20)8-21-9-16(13-23-12-14-2-3-14)10-22-17(11-21)4-5-18-22/h4-7,14,16H,2-3,8-13H2,1H3/t16-/m1/s1. The molecule has 0 radical (unpaired) electrons. The summed E-state index contributed by atoms with van der Waals surface area (Å²) in [6, 6.07) is 2.13. The molecule has 0 spiro atoms. The van der Waals surface area contributed by atoms with E-state index in [2.05, 4.69) is 32.0 Å². The van der Waals surface area contributed by atoms with Gasteiger partial charge in [-0.25, -0.2) is 0 Å². The summed E-state index contributed by atoms with van der Waals surface area (Å²) >= 11 is 0. The van der Waals surface area contributed by atoms with Crippen molar-refractivity contribution < 1.29 is 4.74 Å². The van der Waals surface area contributed by atoms with Crippen LogP contribution in [0.5, 0.6) is 0 Å². The topological polar surface area (TPSA) is 48.1 Å². The maximum Gasteiger partial charge on any atom is 0.0534 e. The molecule has 0 unspecified atom stereocenters. The van der Waals surface area contributed by atoms with Gasteiger partial charge in [0.1, 0.15) is 0 Å². The summed E-state index contributed by atoms with van der Waals surface area (Å²) < 4.78 is 9.98. The van der Waals surface area contributed by atoms with Crippen LogP contribution in [0.3, 0.4) is 0 Å². The largest absolute Gasteiger partial charge is 0.381 e. The Morgan fingerprint density at radius 1 is 1.17 bits per heavy atom. The van der Waals surface area contributed by atoms with Crippen LogP contribution in [0.4, 0.5) is 0 Å². The van der Waals surface area contributed by atoms with Gasteiger partial charge >= 0.3 is 0 Å². The fourth-order valence-electron chi connectivity index (χ4n) is 3.34. The highest BCUT2D eigenvalue weighted by Crippen LogP contribution is 2.29. The molecule has 2 aliphatic rings. The average Bonchev–Trinajstić information content (AvgIpc) is 3.16. The zero-order chi connectivity index (χ0) is 15.6. The van der Waals surface area contributed by atoms with E-state index in [9.17, 15) is 0 Å². The Kier molecular flexibility index (Phi) is 4.18. The second-order valence-corrected chi connectivity index (χ2v) is 7.04. The van der Waals surface area contributed by atoms with Gasteiger partial charge in [0.05, 0.1) is 18.5 Å². The van der Waals surface area contributed by atoms with Crippen LogP contribution in [0.25, 0.3) is 0 Å². The first-order valence-electron chi connectivity index (χ1n) is 8.54. The molecule has 6 nitrogen and oxygen atoms in total. The molecule has 0 amide bonds. The Hall–Kier alpha value is -1.66. The van der Waals surface area contributed by atoms with E-state index in [1.807, 2.05) is 24.1 Å². The lowest BCUT2D eigenvalue weighted by molar-refractivity contribution is 0.0696. The van der Waals surface area contributed by atoms with Crippen molar-refractivity contribution in [2.45, 2.75) is 32.5 Å². The predicted molar refractivity (Wildman–Crippen MR) is 86.6 cm³/mol. The Morgan fingerprint density at radius 3 is 2.83 bits per heavy atom. The van der Waals surface area contributed by atoms with Crippen molar-refractivity contribution in [3.63, 3.8) is 0 Å². The molecule has 0 N–H and O–H groups in total. The first-order valence-corrected chi connectivity index (χ1v) is 8.54. The summed E-state index contributed by atoms with van der Waals surface area (Å²) in [5, 5.41) is 8.77. The molecule has 1 aliphatic heterocycles. The van der Waals surface area contributed by atoms with Gasteiger partial charge in [0, 0.05) is 63.7 Å². The lowest BCUT2D eigenvalue weighted by Gasteiger charge is -2.23. The first kappa shape index (κ1) is 14.9. The third-order valence-corrected chi connectivity index (χ3v) is 4.71. The number of nitrogens with zero attached hydrogens (tertiary/aromatic N) is 5. The van der Waals surface area contributed by atoms with Gasteiger partial charge in [0.15, 0.2) is 0 Å². The van der Waals surface area contributed by atoms with Crippen LogP contribution in [0.15, 0.2) is 24.7 Å². The molecule has 6 heteroatoms. The van der Waals surface area contributed by atoms with Crippen LogP contribution in [-0.4, -0.2) is 44.2 Å². The highest BCUT2D eigenvalue weighted by atomic mass is 16.5. The summed E-state index contributed by atoms with van der Waals surface area (Å²) in [6.07, 6.45) is 8.66. The Bertz CT molecular complexity index is 645. The molecular formula is C17H25N5O. The van der Waals surface area contributed by atoms with Crippen molar-refractivity contribution in [3.05, 3.63) is 35.9 Å². The minimum atomic E-state index is 0.492. The third kappa shape index (κ3) is 3.82. The molecule has 0 saturated heterocycles. The molecule has 23 heavy (non-hydrogen) atoms. The maximum atomic E-state index is 5.96. The second kappa shape index (κ2) is 6.45. The lowest BCUT2D eigenvalue weighted by Crippen LogP contribution is -2.30. The van der Waals surface area contributed by atoms with Gasteiger partial charge in [-0.1, -0.05) is 0 Å². The van der Waals surface area contributed by atoms with Gasteiger partial charge in [-0.2, -0.15) is 10.2 Å². The molecule has 2 aromatic heterocycles. The highest BCUT2D eigenvalue weighted by Gasteiger charge is 2.25. The van der Waals surface area contributed by atoms with Crippen LogP contribution >= 0.6 is 0 Å². The predicted octanol–water partition coefficient (Wildman–Crippen LogP) is 1.68. The fraction of sp³-hybridized carbons (Fsp3) is 0.647. The van der Waals surface area contributed by atoms with E-state index < -0.39 is 0 Å². The van der Waals surface area contributed by atoms with Gasteiger partial charge in [-0.3, -0.25) is 14.3 Å². The number of aromatic nitrogens is 4. The Morgan fingerprint density at radius 2 is 2.04 bits per heavy atom. The Balaban J connectivity index is 1.42. The molecule has 1 aliphatic carbocycles. The van der Waals surface area contributed by atoms with Crippen molar-refractivity contribution in [1.82, 2.24) is 24.5 Å². The van der Waals surface area contributed by atoms with Gasteiger partial charge in [0.25, 0.3) is 0 Å². The van der Waals surface area contributed by atoms with Crippen LogP contribution < -0.4 is 0 Å². The normalized spacial score (nSPS) is 22.0. The maximum absolute atomic E-state index is 5.96. The van der Waals surface area contributed by atoms with Crippen LogP contribution in [0.1, 0.15) is 24.1 Å². The summed E-state index contributed by atoms with van der Waals surface area (Å²) in [5.74, 6) is 1.32. The van der Waals surface area contributed by atoms with Crippen LogP contribution in [-0.2, 0) is 31.4 Å². The minimum absolute atomic E-state index is 0.492. The zero-order valence-electron chi connectivity index (χ0n) is 13.8. The van der Waals surface area contributed by atoms with Gasteiger partial charge < -0.3 is 4.74 Å². The molecule has 0 bridgehead atoms. The van der Waals surface area contributed by atoms with Crippen LogP contribution in [0, 0.1) is 11.8 Å². The molecule has 1 fully saturated rings. The van der Waals surface area contributed by atoms with E-state index in [0.717, 1.165) is 45.3 Å². The molecule has 2 aromatic rings. The number of ether oxygens (including phenoxy) is 1. The Labute approximate surface area is 137 Å². The number of hydrogen-bond acceptors (Lipinski definition) is 4. The van der Waals surface area contributed by atoms with Crippen molar-refractivity contribution >= 4 is 0 Å². The summed E-state index contributed by atoms with van der Waals surface area (Å²) in [7, 11) is 1.97. The first-order chi connectivity index (χ1) is 11.3. The van der Waals surface area contributed by atoms with Crippen molar-refractivity contribution in [2.75, 3.05) is 19.8 Å². The number of fused-ring (bicyclic) bond motifs is 1. The van der Waals surface area contributed by atoms with E-state index in [-0.39, 0.29) is 0 Å². The fourth-order valence-corrected chi connectivity index (χ4v) is 3.34. The molecular weight excluding hydrogens is 290 g/mol. The summed E-state index contributed by atoms with van der Waals surface area (Å²) in [6.45, 7) is 5.63. The molecule has 1 atom stereocenters. The lowest BCUT2D eigenvalue weighted by atomic mass is 10.1. The molecule has 4 rings (SSSR count). The van der Waals surface area contributed by atoms with Gasteiger partial charge in [-0.05, 0) is 24.8 Å². The quantitative estimate of drug-likeness (QED) is 0.814. The summed E-state index contributed by atoms with van der Waals surface area (Å²) in [4.78, 5) is 2.49. The number of hydrogen-bond donors (Lipinski definition) is 0. The molecule has 1 saturated carbocycles. The molecule has 124 valence electrons. The van der Waals surface area contributed by atoms with Gasteiger partial charge in [-0.15, -0.1) is 0 Å². The van der Waals surface area contributed by atoms with Crippen molar-refractivity contribution in [2.24, 2.45) is 18.9 Å². The molecule has 0 aromatic carbocycles. The number of rotatable bonds is 6. The second-order valence-electron chi connectivity index (χ2n) is 7.04. The average molecular weight is 315 g/mol. The van der Waals surface area contributed by atoms with Gasteiger partial charge in [0.2, 0.25) is 0 Å². The SMILES string of the molecule is Cn1cc(CN2Cc3ccnn3C[C@H](COCC3CC3)C2)cn1. The van der Waals surface area contributed by atoms with Crippen molar-refractivity contribution in [1.29, 1.82) is 0 Å². The third-order valence-electron chi connectivity index (χ3n) is 4.71. The summed E-state index contributed by atoms with van der Waals surface area (Å²) in [5.41, 5.74) is 2.55.